The molecule has 128 valence electrons. The van der Waals surface area contributed by atoms with Crippen LogP contribution in [0.1, 0.15) is 12.5 Å². The molecule has 0 aliphatic heterocycles. The molecule has 0 radical (unpaired) electrons. The Hall–Kier alpha value is -3.47. The van der Waals surface area contributed by atoms with Gasteiger partial charge in [-0.3, -0.25) is 14.9 Å². The van der Waals surface area contributed by atoms with E-state index >= 15 is 0 Å². The second-order valence-corrected chi connectivity index (χ2v) is 6.34. The number of nitrogens with zero attached hydrogens (tertiary/aromatic N) is 2. The molecule has 0 spiro atoms. The van der Waals surface area contributed by atoms with Gasteiger partial charge in [0, 0.05) is 23.4 Å². The number of benzene rings is 2. The molecule has 0 atom stereocenters. The average molecular weight is 342 g/mol. The molecular weight excluding hydrogens is 324 g/mol. The second kappa shape index (κ2) is 6.44. The highest BCUT2D eigenvalue weighted by atomic mass is 16.1. The third kappa shape index (κ3) is 3.07. The lowest BCUT2D eigenvalue weighted by Gasteiger charge is -2.12. The monoisotopic (exact) mass is 342 g/mol. The number of fused-ring (bicyclic) bond motifs is 1. The van der Waals surface area contributed by atoms with E-state index in [1.807, 2.05) is 30.3 Å². The minimum atomic E-state index is -0.119. The van der Waals surface area contributed by atoms with E-state index in [4.69, 9.17) is 0 Å². The first-order chi connectivity index (χ1) is 12.6. The van der Waals surface area contributed by atoms with Crippen LogP contribution in [0.25, 0.3) is 33.3 Å². The van der Waals surface area contributed by atoms with Crippen molar-refractivity contribution in [3.8, 4) is 22.4 Å². The van der Waals surface area contributed by atoms with E-state index in [0.29, 0.717) is 5.69 Å². The van der Waals surface area contributed by atoms with Crippen LogP contribution in [0.2, 0.25) is 0 Å². The fourth-order valence-corrected chi connectivity index (χ4v) is 3.09. The summed E-state index contributed by atoms with van der Waals surface area (Å²) in [6, 6.07) is 16.3. The van der Waals surface area contributed by atoms with Gasteiger partial charge in [0.05, 0.1) is 29.3 Å². The number of aromatic amines is 1. The highest BCUT2D eigenvalue weighted by Crippen LogP contribution is 2.34. The van der Waals surface area contributed by atoms with E-state index in [1.54, 1.807) is 12.4 Å². The highest BCUT2D eigenvalue weighted by Gasteiger charge is 2.12. The number of carbonyl (C=O) groups excluding carboxylic acids is 1. The maximum atomic E-state index is 11.4. The van der Waals surface area contributed by atoms with Gasteiger partial charge < -0.3 is 5.32 Å². The molecule has 5 nitrogen and oxygen atoms in total. The Bertz CT molecular complexity index is 1110. The minimum absolute atomic E-state index is 0.119. The Morgan fingerprint density at radius 1 is 1.04 bits per heavy atom. The Balaban J connectivity index is 1.92. The fourth-order valence-electron chi connectivity index (χ4n) is 3.09. The lowest BCUT2D eigenvalue weighted by atomic mass is 9.97. The predicted molar refractivity (Wildman–Crippen MR) is 104 cm³/mol. The van der Waals surface area contributed by atoms with Gasteiger partial charge in [0.15, 0.2) is 0 Å². The van der Waals surface area contributed by atoms with Crippen LogP contribution < -0.4 is 5.32 Å². The van der Waals surface area contributed by atoms with Gasteiger partial charge in [-0.15, -0.1) is 0 Å². The molecule has 0 aliphatic rings. The van der Waals surface area contributed by atoms with Gasteiger partial charge in [0.25, 0.3) is 0 Å². The molecule has 2 heterocycles. The number of aryl methyl sites for hydroxylation is 1. The van der Waals surface area contributed by atoms with Crippen LogP contribution in [0.5, 0.6) is 0 Å². The molecule has 0 saturated carbocycles. The summed E-state index contributed by atoms with van der Waals surface area (Å²) < 4.78 is 0. The first-order valence-corrected chi connectivity index (χ1v) is 8.38. The molecule has 0 saturated heterocycles. The zero-order valence-corrected chi connectivity index (χ0v) is 14.6. The SMILES string of the molecule is CC(=O)Nc1cnc(-c2cccc(C)c2)c(-c2ccc3[nH]ncc3c2)c1. The van der Waals surface area contributed by atoms with Gasteiger partial charge in [-0.1, -0.05) is 29.8 Å². The van der Waals surface area contributed by atoms with Crippen LogP contribution >= 0.6 is 0 Å². The molecular formula is C21H18N4O. The first kappa shape index (κ1) is 16.0. The van der Waals surface area contributed by atoms with E-state index in [9.17, 15) is 4.79 Å². The van der Waals surface area contributed by atoms with Crippen LogP contribution in [0.3, 0.4) is 0 Å². The Morgan fingerprint density at radius 2 is 1.92 bits per heavy atom. The van der Waals surface area contributed by atoms with Gasteiger partial charge in [-0.2, -0.15) is 5.10 Å². The Morgan fingerprint density at radius 3 is 2.73 bits per heavy atom. The predicted octanol–water partition coefficient (Wildman–Crippen LogP) is 4.56. The van der Waals surface area contributed by atoms with Gasteiger partial charge in [-0.25, -0.2) is 0 Å². The number of amides is 1. The quantitative estimate of drug-likeness (QED) is 0.573. The highest BCUT2D eigenvalue weighted by molar-refractivity contribution is 5.93. The molecule has 2 N–H and O–H groups in total. The number of anilines is 1. The summed E-state index contributed by atoms with van der Waals surface area (Å²) in [5.74, 6) is -0.119. The Labute approximate surface area is 151 Å². The number of pyridine rings is 1. The van der Waals surface area contributed by atoms with E-state index in [1.165, 1.54) is 12.5 Å². The Kier molecular flexibility index (Phi) is 3.97. The summed E-state index contributed by atoms with van der Waals surface area (Å²) in [6.45, 7) is 3.55. The van der Waals surface area contributed by atoms with Crippen molar-refractivity contribution >= 4 is 22.5 Å². The largest absolute Gasteiger partial charge is 0.325 e. The zero-order chi connectivity index (χ0) is 18.1. The van der Waals surface area contributed by atoms with E-state index in [2.05, 4.69) is 45.6 Å². The third-order valence-corrected chi connectivity index (χ3v) is 4.25. The van der Waals surface area contributed by atoms with Crippen molar-refractivity contribution in [2.45, 2.75) is 13.8 Å². The van der Waals surface area contributed by atoms with Crippen molar-refractivity contribution in [3.05, 3.63) is 66.5 Å². The fraction of sp³-hybridized carbons (Fsp3) is 0.0952. The van der Waals surface area contributed by atoms with Crippen LogP contribution in [-0.2, 0) is 4.79 Å². The minimum Gasteiger partial charge on any atom is -0.325 e. The number of hydrogen-bond donors (Lipinski definition) is 2. The molecule has 1 amide bonds. The number of rotatable bonds is 3. The molecule has 26 heavy (non-hydrogen) atoms. The summed E-state index contributed by atoms with van der Waals surface area (Å²) in [6.07, 6.45) is 3.50. The zero-order valence-electron chi connectivity index (χ0n) is 14.6. The van der Waals surface area contributed by atoms with Crippen molar-refractivity contribution in [2.24, 2.45) is 0 Å². The van der Waals surface area contributed by atoms with Crippen LogP contribution in [0.15, 0.2) is 60.9 Å². The summed E-state index contributed by atoms with van der Waals surface area (Å²) in [7, 11) is 0. The summed E-state index contributed by atoms with van der Waals surface area (Å²) in [5.41, 5.74) is 6.74. The van der Waals surface area contributed by atoms with Gasteiger partial charge in [-0.05, 0) is 36.8 Å². The third-order valence-electron chi connectivity index (χ3n) is 4.25. The molecule has 5 heteroatoms. The van der Waals surface area contributed by atoms with Crippen molar-refractivity contribution < 1.29 is 4.79 Å². The smallest absolute Gasteiger partial charge is 0.221 e. The topological polar surface area (TPSA) is 70.7 Å². The maximum Gasteiger partial charge on any atom is 0.221 e. The standard InChI is InChI=1S/C21H18N4O/c1-13-4-3-5-16(8-13)21-19(10-18(12-22-21)24-14(2)26)15-6-7-20-17(9-15)11-23-25-20/h3-12H,1-2H3,(H,23,25)(H,24,26). The molecule has 4 rings (SSSR count). The van der Waals surface area contributed by atoms with Crippen LogP contribution in [0.4, 0.5) is 5.69 Å². The molecule has 0 aliphatic carbocycles. The summed E-state index contributed by atoms with van der Waals surface area (Å²) in [4.78, 5) is 16.1. The van der Waals surface area contributed by atoms with Gasteiger partial charge in [0.1, 0.15) is 0 Å². The average Bonchev–Trinajstić information content (AvgIpc) is 3.09. The first-order valence-electron chi connectivity index (χ1n) is 8.38. The number of aromatic nitrogens is 3. The molecule has 4 aromatic rings. The van der Waals surface area contributed by atoms with Crippen LogP contribution in [-0.4, -0.2) is 21.1 Å². The van der Waals surface area contributed by atoms with Crippen molar-refractivity contribution in [3.63, 3.8) is 0 Å². The number of nitrogens with one attached hydrogen (secondary N) is 2. The van der Waals surface area contributed by atoms with E-state index in [-0.39, 0.29) is 5.91 Å². The number of hydrogen-bond acceptors (Lipinski definition) is 3. The van der Waals surface area contributed by atoms with Crippen molar-refractivity contribution in [2.75, 3.05) is 5.32 Å². The molecule has 0 bridgehead atoms. The van der Waals surface area contributed by atoms with Gasteiger partial charge >= 0.3 is 0 Å². The molecule has 0 fully saturated rings. The second-order valence-electron chi connectivity index (χ2n) is 6.34. The maximum absolute atomic E-state index is 11.4. The van der Waals surface area contributed by atoms with E-state index < -0.39 is 0 Å². The molecule has 0 unspecified atom stereocenters. The van der Waals surface area contributed by atoms with Gasteiger partial charge in [0.2, 0.25) is 5.91 Å². The van der Waals surface area contributed by atoms with Crippen molar-refractivity contribution in [1.29, 1.82) is 0 Å². The van der Waals surface area contributed by atoms with Crippen molar-refractivity contribution in [1.82, 2.24) is 15.2 Å². The molecule has 2 aromatic carbocycles. The normalized spacial score (nSPS) is 10.8. The van der Waals surface area contributed by atoms with E-state index in [0.717, 1.165) is 33.3 Å². The molecule has 2 aromatic heterocycles. The summed E-state index contributed by atoms with van der Waals surface area (Å²) >= 11 is 0. The number of H-pyrrole nitrogens is 1. The summed E-state index contributed by atoms with van der Waals surface area (Å²) in [5, 5.41) is 10.9. The number of carbonyl (C=O) groups is 1. The van der Waals surface area contributed by atoms with Crippen LogP contribution in [0, 0.1) is 6.92 Å². The lowest BCUT2D eigenvalue weighted by Crippen LogP contribution is -2.06. The lowest BCUT2D eigenvalue weighted by molar-refractivity contribution is -0.114.